The Morgan fingerprint density at radius 2 is 2.05 bits per heavy atom. The molecule has 6 heteroatoms. The fourth-order valence-corrected chi connectivity index (χ4v) is 3.61. The summed E-state index contributed by atoms with van der Waals surface area (Å²) in [6, 6.07) is 0. The van der Waals surface area contributed by atoms with Gasteiger partial charge in [0.25, 0.3) is 0 Å². The molecule has 0 aliphatic rings. The highest BCUT2D eigenvalue weighted by atomic mass is 32.2. The van der Waals surface area contributed by atoms with Crippen molar-refractivity contribution in [3.63, 3.8) is 0 Å². The number of anilines is 2. The van der Waals surface area contributed by atoms with Crippen molar-refractivity contribution in [2.24, 2.45) is 0 Å². The smallest absolute Gasteiger partial charge is 0.174 e. The van der Waals surface area contributed by atoms with Gasteiger partial charge in [0.15, 0.2) is 5.78 Å². The molecule has 1 aromatic rings. The van der Waals surface area contributed by atoms with Gasteiger partial charge in [-0.2, -0.15) is 0 Å². The van der Waals surface area contributed by atoms with Gasteiger partial charge in [0.1, 0.15) is 5.00 Å². The first-order valence-corrected chi connectivity index (χ1v) is 8.69. The summed E-state index contributed by atoms with van der Waals surface area (Å²) < 4.78 is 0. The van der Waals surface area contributed by atoms with E-state index in [0.717, 1.165) is 16.4 Å². The van der Waals surface area contributed by atoms with Gasteiger partial charge < -0.3 is 16.0 Å². The first kappa shape index (κ1) is 17.3. The molecule has 0 unspecified atom stereocenters. The molecular formula is C14H25N3OS2. The molecule has 0 atom stereocenters. The van der Waals surface area contributed by atoms with Crippen LogP contribution in [0.1, 0.15) is 36.9 Å². The second-order valence-electron chi connectivity index (χ2n) is 5.54. The van der Waals surface area contributed by atoms with Crippen LogP contribution in [0, 0.1) is 0 Å². The molecule has 20 heavy (non-hydrogen) atoms. The van der Waals surface area contributed by atoms with E-state index in [2.05, 4.69) is 38.2 Å². The van der Waals surface area contributed by atoms with Gasteiger partial charge in [0, 0.05) is 18.5 Å². The van der Waals surface area contributed by atoms with E-state index in [9.17, 15) is 4.79 Å². The van der Waals surface area contributed by atoms with Gasteiger partial charge >= 0.3 is 0 Å². The summed E-state index contributed by atoms with van der Waals surface area (Å²) in [5.41, 5.74) is 6.76. The lowest BCUT2D eigenvalue weighted by atomic mass is 10.0. The molecule has 0 amide bonds. The molecule has 0 spiro atoms. The lowest BCUT2D eigenvalue weighted by Gasteiger charge is -2.32. The number of nitrogens with two attached hydrogens (primary N) is 1. The molecular weight excluding hydrogens is 290 g/mol. The third-order valence-corrected chi connectivity index (χ3v) is 5.74. The van der Waals surface area contributed by atoms with Crippen molar-refractivity contribution in [2.45, 2.75) is 37.6 Å². The maximum atomic E-state index is 11.9. The van der Waals surface area contributed by atoms with Crippen LogP contribution in [0.5, 0.6) is 0 Å². The zero-order valence-electron chi connectivity index (χ0n) is 13.2. The molecule has 0 aliphatic heterocycles. The van der Waals surface area contributed by atoms with Crippen molar-refractivity contribution in [3.05, 3.63) is 4.88 Å². The van der Waals surface area contributed by atoms with E-state index in [4.69, 9.17) is 5.73 Å². The number of nitrogens with zero attached hydrogens (tertiary/aromatic N) is 1. The fraction of sp³-hybridized carbons (Fsp3) is 0.643. The number of likely N-dealkylation sites (N-methyl/N-ethyl adjacent to an activating group) is 1. The maximum Gasteiger partial charge on any atom is 0.174 e. The van der Waals surface area contributed by atoms with Gasteiger partial charge in [-0.05, 0) is 34.2 Å². The summed E-state index contributed by atoms with van der Waals surface area (Å²) in [6.07, 6.45) is 2.47. The average molecular weight is 316 g/mol. The van der Waals surface area contributed by atoms with Crippen LogP contribution in [0.4, 0.5) is 10.7 Å². The van der Waals surface area contributed by atoms with Crippen LogP contribution in [-0.4, -0.2) is 43.1 Å². The van der Waals surface area contributed by atoms with E-state index in [1.54, 1.807) is 11.8 Å². The fourth-order valence-electron chi connectivity index (χ4n) is 1.57. The number of nitrogen functional groups attached to an aromatic ring is 1. The highest BCUT2D eigenvalue weighted by Crippen LogP contribution is 2.42. The van der Waals surface area contributed by atoms with E-state index in [1.165, 1.54) is 11.3 Å². The second kappa shape index (κ2) is 6.83. The Labute approximate surface area is 130 Å². The Hall–Kier alpha value is -0.720. The monoisotopic (exact) mass is 315 g/mol. The van der Waals surface area contributed by atoms with Crippen LogP contribution >= 0.6 is 23.1 Å². The number of thioether (sulfide) groups is 1. The van der Waals surface area contributed by atoms with Gasteiger partial charge in [-0.3, -0.25) is 4.79 Å². The highest BCUT2D eigenvalue weighted by Gasteiger charge is 2.23. The number of carbonyl (C=O) groups is 1. The molecule has 1 rings (SSSR count). The molecule has 4 nitrogen and oxygen atoms in total. The van der Waals surface area contributed by atoms with Crippen LogP contribution in [0.25, 0.3) is 0 Å². The standard InChI is InChI=1S/C14H25N3OS2/c1-7-9(18)11-10(15)12(19-6)13(20-11)16-8-14(2,3)17(4)5/h16H,7-8,15H2,1-6H3. The number of carbonyl (C=O) groups excluding carboxylic acids is 1. The van der Waals surface area contributed by atoms with E-state index in [-0.39, 0.29) is 11.3 Å². The normalized spacial score (nSPS) is 11.9. The van der Waals surface area contributed by atoms with E-state index >= 15 is 0 Å². The zero-order valence-corrected chi connectivity index (χ0v) is 14.8. The number of Topliss-reactive ketones (excluding diaryl/α,β-unsaturated/α-hetero) is 1. The topological polar surface area (TPSA) is 58.4 Å². The van der Waals surface area contributed by atoms with E-state index in [1.807, 2.05) is 13.2 Å². The Bertz CT molecular complexity index is 481. The Kier molecular flexibility index (Phi) is 5.91. The third kappa shape index (κ3) is 3.68. The van der Waals surface area contributed by atoms with Crippen LogP contribution in [-0.2, 0) is 0 Å². The van der Waals surface area contributed by atoms with Gasteiger partial charge in [-0.15, -0.1) is 23.1 Å². The highest BCUT2D eigenvalue weighted by molar-refractivity contribution is 7.99. The maximum absolute atomic E-state index is 11.9. The van der Waals surface area contributed by atoms with Crippen LogP contribution in [0.15, 0.2) is 4.90 Å². The molecule has 0 aliphatic carbocycles. The van der Waals surface area contributed by atoms with E-state index in [0.29, 0.717) is 17.0 Å². The zero-order chi connectivity index (χ0) is 15.5. The lowest BCUT2D eigenvalue weighted by Crippen LogP contribution is -2.44. The Balaban J connectivity index is 2.98. The van der Waals surface area contributed by atoms with Gasteiger partial charge in [-0.25, -0.2) is 0 Å². The average Bonchev–Trinajstić information content (AvgIpc) is 2.71. The largest absolute Gasteiger partial charge is 0.396 e. The van der Waals surface area contributed by atoms with Gasteiger partial charge in [-0.1, -0.05) is 6.92 Å². The first-order valence-electron chi connectivity index (χ1n) is 6.65. The Morgan fingerprint density at radius 1 is 1.45 bits per heavy atom. The van der Waals surface area contributed by atoms with Crippen molar-refractivity contribution in [3.8, 4) is 0 Å². The summed E-state index contributed by atoms with van der Waals surface area (Å²) >= 11 is 3.06. The number of hydrogen-bond donors (Lipinski definition) is 2. The molecule has 0 bridgehead atoms. The van der Waals surface area contributed by atoms with Gasteiger partial charge in [0.05, 0.1) is 15.5 Å². The first-order chi connectivity index (χ1) is 9.24. The molecule has 0 saturated heterocycles. The number of nitrogens with one attached hydrogen (secondary N) is 1. The molecule has 0 aromatic carbocycles. The van der Waals surface area contributed by atoms with Crippen molar-refractivity contribution in [1.82, 2.24) is 4.90 Å². The van der Waals surface area contributed by atoms with Gasteiger partial charge in [0.2, 0.25) is 0 Å². The SMILES string of the molecule is CCC(=O)c1sc(NCC(C)(C)N(C)C)c(SC)c1N. The lowest BCUT2D eigenvalue weighted by molar-refractivity contribution is 0.0992. The molecule has 1 heterocycles. The molecule has 0 saturated carbocycles. The van der Waals surface area contributed by atoms with Crippen molar-refractivity contribution in [1.29, 1.82) is 0 Å². The quantitative estimate of drug-likeness (QED) is 0.596. The minimum Gasteiger partial charge on any atom is -0.396 e. The number of thiophene rings is 1. The molecule has 114 valence electrons. The number of rotatable bonds is 7. The summed E-state index contributed by atoms with van der Waals surface area (Å²) in [5, 5.41) is 4.45. The predicted octanol–water partition coefficient (Wildman–Crippen LogP) is 3.40. The van der Waals surface area contributed by atoms with Crippen molar-refractivity contribution in [2.75, 3.05) is 37.9 Å². The predicted molar refractivity (Wildman–Crippen MR) is 91.4 cm³/mol. The van der Waals surface area contributed by atoms with Crippen molar-refractivity contribution < 1.29 is 4.79 Å². The molecule has 0 radical (unpaired) electrons. The second-order valence-corrected chi connectivity index (χ2v) is 7.38. The Morgan fingerprint density at radius 3 is 2.50 bits per heavy atom. The molecule has 3 N–H and O–H groups in total. The van der Waals surface area contributed by atoms with E-state index < -0.39 is 0 Å². The summed E-state index contributed by atoms with van der Waals surface area (Å²) in [5.74, 6) is 0.114. The molecule has 0 fully saturated rings. The minimum atomic E-state index is 0.0311. The molecule has 1 aromatic heterocycles. The third-order valence-electron chi connectivity index (χ3n) is 3.57. The van der Waals surface area contributed by atoms with Crippen LogP contribution in [0.2, 0.25) is 0 Å². The van der Waals surface area contributed by atoms with Crippen LogP contribution < -0.4 is 11.1 Å². The van der Waals surface area contributed by atoms with Crippen LogP contribution in [0.3, 0.4) is 0 Å². The summed E-state index contributed by atoms with van der Waals surface area (Å²) in [7, 11) is 4.12. The van der Waals surface area contributed by atoms with Crippen molar-refractivity contribution >= 4 is 39.6 Å². The summed E-state index contributed by atoms with van der Waals surface area (Å²) in [4.78, 5) is 15.8. The number of hydrogen-bond acceptors (Lipinski definition) is 6. The number of ketones is 1. The summed E-state index contributed by atoms with van der Waals surface area (Å²) in [6.45, 7) is 7.01. The minimum absolute atomic E-state index is 0.0311.